The molecule has 0 aliphatic carbocycles. The number of thiazole rings is 1. The number of aromatic nitrogens is 1. The highest BCUT2D eigenvalue weighted by Gasteiger charge is 2.17. The summed E-state index contributed by atoms with van der Waals surface area (Å²) in [5.74, 6) is 0.550. The van der Waals surface area contributed by atoms with Crippen molar-refractivity contribution in [3.05, 3.63) is 10.4 Å². The summed E-state index contributed by atoms with van der Waals surface area (Å²) in [6, 6.07) is -0.475. The monoisotopic (exact) mass is 249 g/mol. The fraction of sp³-hybridized carbons (Fsp3) is 0.556. The summed E-state index contributed by atoms with van der Waals surface area (Å²) in [6.07, 6.45) is 0. The van der Waals surface area contributed by atoms with E-state index in [1.165, 1.54) is 11.3 Å². The van der Waals surface area contributed by atoms with Gasteiger partial charge in [0.05, 0.1) is 11.0 Å². The smallest absolute Gasteiger partial charge is 0.242 e. The minimum atomic E-state index is -0.475. The van der Waals surface area contributed by atoms with Crippen molar-refractivity contribution >= 4 is 35.5 Å². The van der Waals surface area contributed by atoms with Gasteiger partial charge >= 0.3 is 0 Å². The number of halogens is 1. The number of rotatable bonds is 3. The molecule has 0 aliphatic heterocycles. The summed E-state index contributed by atoms with van der Waals surface area (Å²) in [5.41, 5.74) is 5.68. The molecular weight excluding hydrogens is 234 g/mol. The van der Waals surface area contributed by atoms with Crippen LogP contribution in [0.1, 0.15) is 18.9 Å². The van der Waals surface area contributed by atoms with Gasteiger partial charge in [0.25, 0.3) is 0 Å². The van der Waals surface area contributed by atoms with Crippen molar-refractivity contribution in [2.45, 2.75) is 26.8 Å². The third-order valence-electron chi connectivity index (χ3n) is 1.89. The van der Waals surface area contributed by atoms with Gasteiger partial charge < -0.3 is 11.1 Å². The summed E-state index contributed by atoms with van der Waals surface area (Å²) in [6.45, 7) is 5.72. The van der Waals surface area contributed by atoms with Crippen molar-refractivity contribution in [2.24, 2.45) is 11.7 Å². The van der Waals surface area contributed by atoms with E-state index in [4.69, 9.17) is 5.73 Å². The van der Waals surface area contributed by atoms with Gasteiger partial charge in [-0.2, -0.15) is 0 Å². The Morgan fingerprint density at radius 2 is 2.20 bits per heavy atom. The standard InChI is InChI=1S/C9H15N3OS.ClH/c1-5(2)8(10)9(13)12-7-4-14-6(3)11-7;/h4-5,8H,10H2,1-3H3,(H,12,13);1H/t8-;/m0./s1. The van der Waals surface area contributed by atoms with Crippen LogP contribution >= 0.6 is 23.7 Å². The lowest BCUT2D eigenvalue weighted by Crippen LogP contribution is -2.39. The average Bonchev–Trinajstić information content (AvgIpc) is 2.49. The highest BCUT2D eigenvalue weighted by Crippen LogP contribution is 2.13. The van der Waals surface area contributed by atoms with Crippen molar-refractivity contribution in [1.82, 2.24) is 4.98 Å². The molecule has 1 rings (SSSR count). The lowest BCUT2D eigenvalue weighted by Gasteiger charge is -2.13. The maximum absolute atomic E-state index is 11.5. The molecule has 15 heavy (non-hydrogen) atoms. The van der Waals surface area contributed by atoms with Crippen molar-refractivity contribution < 1.29 is 4.79 Å². The first-order valence-corrected chi connectivity index (χ1v) is 5.37. The second-order valence-electron chi connectivity index (χ2n) is 3.51. The van der Waals surface area contributed by atoms with Crippen LogP contribution in [0.3, 0.4) is 0 Å². The minimum absolute atomic E-state index is 0. The summed E-state index contributed by atoms with van der Waals surface area (Å²) in [7, 11) is 0. The number of nitrogens with zero attached hydrogens (tertiary/aromatic N) is 1. The van der Waals surface area contributed by atoms with E-state index in [9.17, 15) is 4.79 Å². The topological polar surface area (TPSA) is 68.0 Å². The number of nitrogens with two attached hydrogens (primary N) is 1. The summed E-state index contributed by atoms with van der Waals surface area (Å²) in [4.78, 5) is 15.6. The Hall–Kier alpha value is -0.650. The van der Waals surface area contributed by atoms with Gasteiger partial charge in [0.2, 0.25) is 5.91 Å². The van der Waals surface area contributed by atoms with E-state index >= 15 is 0 Å². The van der Waals surface area contributed by atoms with Crippen LogP contribution in [0.15, 0.2) is 5.38 Å². The molecule has 0 spiro atoms. The predicted octanol–water partition coefficient (Wildman–Crippen LogP) is 1.80. The number of nitrogens with one attached hydrogen (secondary N) is 1. The van der Waals surface area contributed by atoms with Gasteiger partial charge in [0.1, 0.15) is 5.82 Å². The quantitative estimate of drug-likeness (QED) is 0.858. The van der Waals surface area contributed by atoms with Crippen LogP contribution in [0.4, 0.5) is 5.82 Å². The van der Waals surface area contributed by atoms with E-state index in [1.54, 1.807) is 5.38 Å². The molecule has 0 unspecified atom stereocenters. The van der Waals surface area contributed by atoms with E-state index in [1.807, 2.05) is 20.8 Å². The Kier molecular flexibility index (Phi) is 5.79. The largest absolute Gasteiger partial charge is 0.320 e. The fourth-order valence-electron chi connectivity index (χ4n) is 0.933. The Morgan fingerprint density at radius 1 is 1.60 bits per heavy atom. The van der Waals surface area contributed by atoms with Gasteiger partial charge in [-0.25, -0.2) is 4.98 Å². The SMILES string of the molecule is Cc1nc(NC(=O)[C@@H](N)C(C)C)cs1.Cl. The molecule has 0 aromatic carbocycles. The molecule has 0 radical (unpaired) electrons. The maximum atomic E-state index is 11.5. The Morgan fingerprint density at radius 3 is 2.60 bits per heavy atom. The molecule has 6 heteroatoms. The molecule has 1 atom stereocenters. The van der Waals surface area contributed by atoms with Crippen molar-refractivity contribution in [1.29, 1.82) is 0 Å². The number of anilines is 1. The first kappa shape index (κ1) is 14.3. The molecule has 4 nitrogen and oxygen atoms in total. The number of carbonyl (C=O) groups is 1. The van der Waals surface area contributed by atoms with Crippen LogP contribution in [0, 0.1) is 12.8 Å². The van der Waals surface area contributed by atoms with Crippen molar-refractivity contribution in [3.63, 3.8) is 0 Å². The zero-order valence-electron chi connectivity index (χ0n) is 8.98. The third kappa shape index (κ3) is 4.15. The molecule has 0 saturated carbocycles. The fourth-order valence-corrected chi connectivity index (χ4v) is 1.48. The lowest BCUT2D eigenvalue weighted by molar-refractivity contribution is -0.118. The number of aryl methyl sites for hydroxylation is 1. The van der Waals surface area contributed by atoms with Gasteiger partial charge in [-0.1, -0.05) is 13.8 Å². The number of hydrogen-bond acceptors (Lipinski definition) is 4. The summed E-state index contributed by atoms with van der Waals surface area (Å²) in [5, 5.41) is 5.41. The van der Waals surface area contributed by atoms with E-state index < -0.39 is 6.04 Å². The maximum Gasteiger partial charge on any atom is 0.242 e. The number of carbonyl (C=O) groups excluding carboxylic acids is 1. The van der Waals surface area contributed by atoms with Crippen LogP contribution in [0.25, 0.3) is 0 Å². The third-order valence-corrected chi connectivity index (χ3v) is 2.66. The van der Waals surface area contributed by atoms with Crippen LogP contribution in [-0.4, -0.2) is 16.9 Å². The molecule has 0 saturated heterocycles. The van der Waals surface area contributed by atoms with Gasteiger partial charge in [0.15, 0.2) is 0 Å². The highest BCUT2D eigenvalue weighted by molar-refractivity contribution is 7.09. The lowest BCUT2D eigenvalue weighted by atomic mass is 10.1. The first-order chi connectivity index (χ1) is 6.50. The normalized spacial score (nSPS) is 12.1. The first-order valence-electron chi connectivity index (χ1n) is 4.49. The predicted molar refractivity (Wildman–Crippen MR) is 65.5 cm³/mol. The molecule has 1 aromatic rings. The molecule has 0 fully saturated rings. The zero-order valence-corrected chi connectivity index (χ0v) is 10.6. The van der Waals surface area contributed by atoms with E-state index in [0.717, 1.165) is 5.01 Å². The minimum Gasteiger partial charge on any atom is -0.320 e. The van der Waals surface area contributed by atoms with E-state index in [0.29, 0.717) is 5.82 Å². The Balaban J connectivity index is 0.00000196. The molecule has 0 bridgehead atoms. The summed E-state index contributed by atoms with van der Waals surface area (Å²) >= 11 is 1.50. The van der Waals surface area contributed by atoms with Gasteiger partial charge in [-0.15, -0.1) is 23.7 Å². The molecule has 1 amide bonds. The van der Waals surface area contributed by atoms with Crippen molar-refractivity contribution in [2.75, 3.05) is 5.32 Å². The molecule has 0 aliphatic rings. The van der Waals surface area contributed by atoms with Crippen molar-refractivity contribution in [3.8, 4) is 0 Å². The number of hydrogen-bond donors (Lipinski definition) is 2. The van der Waals surface area contributed by atoms with Gasteiger partial charge in [0, 0.05) is 5.38 Å². The van der Waals surface area contributed by atoms with E-state index in [2.05, 4.69) is 10.3 Å². The molecular formula is C9H16ClN3OS. The van der Waals surface area contributed by atoms with Gasteiger partial charge in [-0.05, 0) is 12.8 Å². The van der Waals surface area contributed by atoms with Crippen LogP contribution in [0.2, 0.25) is 0 Å². The number of amides is 1. The van der Waals surface area contributed by atoms with Crippen LogP contribution in [0.5, 0.6) is 0 Å². The Bertz CT molecular complexity index is 327. The molecule has 3 N–H and O–H groups in total. The molecule has 1 aromatic heterocycles. The zero-order chi connectivity index (χ0) is 10.7. The summed E-state index contributed by atoms with van der Waals surface area (Å²) < 4.78 is 0. The Labute approximate surface area is 99.7 Å². The van der Waals surface area contributed by atoms with Crippen LogP contribution < -0.4 is 11.1 Å². The molecule has 1 heterocycles. The second-order valence-corrected chi connectivity index (χ2v) is 4.57. The average molecular weight is 250 g/mol. The van der Waals surface area contributed by atoms with E-state index in [-0.39, 0.29) is 24.2 Å². The van der Waals surface area contributed by atoms with Gasteiger partial charge in [-0.3, -0.25) is 4.79 Å². The second kappa shape index (κ2) is 6.05. The van der Waals surface area contributed by atoms with Crippen LogP contribution in [-0.2, 0) is 4.79 Å². The highest BCUT2D eigenvalue weighted by atomic mass is 35.5. The molecule has 86 valence electrons.